The van der Waals surface area contributed by atoms with Crippen LogP contribution in [0.1, 0.15) is 27.2 Å². The number of benzene rings is 3. The Morgan fingerprint density at radius 3 is 2.42 bits per heavy atom. The average molecular weight is 549 g/mol. The van der Waals surface area contributed by atoms with Gasteiger partial charge in [-0.3, -0.25) is 14.3 Å². The number of likely N-dealkylation sites (N-methyl/N-ethyl adjacent to an activating group) is 1. The van der Waals surface area contributed by atoms with Gasteiger partial charge < -0.3 is 10.6 Å². The Hall–Kier alpha value is -3.78. The third kappa shape index (κ3) is 6.26. The minimum Gasteiger partial charge on any atom is -0.357 e. The van der Waals surface area contributed by atoms with Crippen LogP contribution in [0.4, 0.5) is 4.39 Å². The number of carbonyl (C=O) groups excluding carboxylic acids is 2. The molecule has 36 heavy (non-hydrogen) atoms. The topological polar surface area (TPSA) is 76.0 Å². The van der Waals surface area contributed by atoms with Crippen LogP contribution in [0.2, 0.25) is 0 Å². The molecular formula is C28H26BrFN4O2. The van der Waals surface area contributed by atoms with Crippen molar-refractivity contribution >= 4 is 27.7 Å². The van der Waals surface area contributed by atoms with Crippen LogP contribution in [0.3, 0.4) is 0 Å². The summed E-state index contributed by atoms with van der Waals surface area (Å²) in [6.07, 6.45) is 0.319. The van der Waals surface area contributed by atoms with E-state index in [1.54, 1.807) is 22.9 Å². The number of hydrogen-bond acceptors (Lipinski definition) is 3. The molecule has 0 spiro atoms. The molecule has 2 N–H and O–H groups in total. The number of carbonyl (C=O) groups is 2. The second-order valence-electron chi connectivity index (χ2n) is 8.54. The second-order valence-corrected chi connectivity index (χ2v) is 9.46. The molecule has 6 nitrogen and oxygen atoms in total. The van der Waals surface area contributed by atoms with Crippen LogP contribution >= 0.6 is 15.9 Å². The van der Waals surface area contributed by atoms with E-state index in [2.05, 4.69) is 37.7 Å². The zero-order chi connectivity index (χ0) is 25.7. The highest BCUT2D eigenvalue weighted by atomic mass is 79.9. The predicted molar refractivity (Wildman–Crippen MR) is 141 cm³/mol. The number of nitrogens with zero attached hydrogens (tertiary/aromatic N) is 2. The van der Waals surface area contributed by atoms with E-state index in [4.69, 9.17) is 0 Å². The zero-order valence-corrected chi connectivity index (χ0v) is 21.5. The van der Waals surface area contributed by atoms with Crippen molar-refractivity contribution in [2.24, 2.45) is 0 Å². The van der Waals surface area contributed by atoms with Gasteiger partial charge in [0.2, 0.25) is 5.91 Å². The standard InChI is InChI=1S/C28H26BrFN4O2/c1-18-5-3-7-20(13-18)17-34-26(21-9-11-23(30)12-10-21)16-25(33-34)28(36)32-24(27(35)31-2)15-19-6-4-8-22(29)14-19/h3-14,16,24H,15,17H2,1-2H3,(H,31,35)(H,32,36)/t24-/m0/s1. The third-order valence-corrected chi connectivity index (χ3v) is 6.26. The van der Waals surface area contributed by atoms with Gasteiger partial charge in [-0.05, 0) is 60.5 Å². The summed E-state index contributed by atoms with van der Waals surface area (Å²) >= 11 is 3.44. The highest BCUT2D eigenvalue weighted by Crippen LogP contribution is 2.23. The molecule has 184 valence electrons. The molecule has 1 aromatic heterocycles. The number of aromatic nitrogens is 2. The number of halogens is 2. The Morgan fingerprint density at radius 1 is 1.00 bits per heavy atom. The fraction of sp³-hybridized carbons (Fsp3) is 0.179. The highest BCUT2D eigenvalue weighted by Gasteiger charge is 2.24. The van der Waals surface area contributed by atoms with Gasteiger partial charge in [0.15, 0.2) is 5.69 Å². The molecule has 0 saturated heterocycles. The van der Waals surface area contributed by atoms with E-state index in [0.29, 0.717) is 18.7 Å². The lowest BCUT2D eigenvalue weighted by atomic mass is 10.0. The van der Waals surface area contributed by atoms with Gasteiger partial charge in [0.25, 0.3) is 5.91 Å². The van der Waals surface area contributed by atoms with Gasteiger partial charge in [-0.15, -0.1) is 0 Å². The smallest absolute Gasteiger partial charge is 0.272 e. The van der Waals surface area contributed by atoms with Crippen LogP contribution < -0.4 is 10.6 Å². The minimum absolute atomic E-state index is 0.171. The first-order valence-corrected chi connectivity index (χ1v) is 12.3. The molecule has 3 aromatic carbocycles. The molecule has 1 atom stereocenters. The SMILES string of the molecule is CNC(=O)[C@H](Cc1cccc(Br)c1)NC(=O)c1cc(-c2ccc(F)cc2)n(Cc2cccc(C)c2)n1. The normalized spacial score (nSPS) is 11.7. The second kappa shape index (κ2) is 11.3. The fourth-order valence-corrected chi connectivity index (χ4v) is 4.45. The molecule has 0 unspecified atom stereocenters. The van der Waals surface area contributed by atoms with E-state index in [1.165, 1.54) is 19.2 Å². The van der Waals surface area contributed by atoms with Crippen molar-refractivity contribution in [3.63, 3.8) is 0 Å². The Kier molecular flexibility index (Phi) is 7.95. The van der Waals surface area contributed by atoms with Crippen LogP contribution in [0.25, 0.3) is 11.3 Å². The maximum absolute atomic E-state index is 13.6. The van der Waals surface area contributed by atoms with Crippen LogP contribution in [0, 0.1) is 12.7 Å². The summed E-state index contributed by atoms with van der Waals surface area (Å²) in [4.78, 5) is 25.8. The van der Waals surface area contributed by atoms with E-state index < -0.39 is 11.9 Å². The largest absolute Gasteiger partial charge is 0.357 e. The van der Waals surface area contributed by atoms with Gasteiger partial charge in [-0.2, -0.15) is 5.10 Å². The van der Waals surface area contributed by atoms with Crippen molar-refractivity contribution in [2.45, 2.75) is 25.9 Å². The van der Waals surface area contributed by atoms with E-state index in [9.17, 15) is 14.0 Å². The molecule has 0 bridgehead atoms. The molecule has 0 aliphatic heterocycles. The molecule has 8 heteroatoms. The first-order valence-electron chi connectivity index (χ1n) is 11.5. The summed E-state index contributed by atoms with van der Waals surface area (Å²) in [7, 11) is 1.53. The molecule has 0 radical (unpaired) electrons. The van der Waals surface area contributed by atoms with Gasteiger partial charge in [-0.25, -0.2) is 4.39 Å². The third-order valence-electron chi connectivity index (χ3n) is 5.76. The average Bonchev–Trinajstić information content (AvgIpc) is 3.27. The lowest BCUT2D eigenvalue weighted by molar-refractivity contribution is -0.122. The summed E-state index contributed by atoms with van der Waals surface area (Å²) in [5, 5.41) is 10.0. The molecule has 4 rings (SSSR count). The molecule has 1 heterocycles. The van der Waals surface area contributed by atoms with Crippen molar-refractivity contribution in [1.82, 2.24) is 20.4 Å². The van der Waals surface area contributed by atoms with Crippen LogP contribution in [-0.2, 0) is 17.8 Å². The highest BCUT2D eigenvalue weighted by molar-refractivity contribution is 9.10. The number of aryl methyl sites for hydroxylation is 1. The molecule has 0 fully saturated rings. The summed E-state index contributed by atoms with van der Waals surface area (Å²) < 4.78 is 16.2. The van der Waals surface area contributed by atoms with E-state index in [-0.39, 0.29) is 17.4 Å². The zero-order valence-electron chi connectivity index (χ0n) is 20.0. The molecular weight excluding hydrogens is 523 g/mol. The Balaban J connectivity index is 1.64. The molecule has 0 saturated carbocycles. The molecule has 2 amide bonds. The fourth-order valence-electron chi connectivity index (χ4n) is 4.00. The van der Waals surface area contributed by atoms with Crippen molar-refractivity contribution in [3.05, 3.63) is 112 Å². The molecule has 0 aliphatic carbocycles. The first-order chi connectivity index (χ1) is 17.3. The lowest BCUT2D eigenvalue weighted by Gasteiger charge is -2.17. The van der Waals surface area contributed by atoms with Crippen molar-refractivity contribution in [1.29, 1.82) is 0 Å². The number of hydrogen-bond donors (Lipinski definition) is 2. The Labute approximate surface area is 217 Å². The predicted octanol–water partition coefficient (Wildman–Crippen LogP) is 4.90. The number of rotatable bonds is 8. The maximum atomic E-state index is 13.6. The van der Waals surface area contributed by atoms with E-state index in [1.807, 2.05) is 49.4 Å². The Morgan fingerprint density at radius 2 is 1.72 bits per heavy atom. The first kappa shape index (κ1) is 25.3. The van der Waals surface area contributed by atoms with Crippen molar-refractivity contribution < 1.29 is 14.0 Å². The maximum Gasteiger partial charge on any atom is 0.272 e. The number of nitrogens with one attached hydrogen (secondary N) is 2. The molecule has 0 aliphatic rings. The van der Waals surface area contributed by atoms with Crippen LogP contribution in [-0.4, -0.2) is 34.7 Å². The summed E-state index contributed by atoms with van der Waals surface area (Å²) in [5.41, 5.74) is 4.60. The summed E-state index contributed by atoms with van der Waals surface area (Å²) in [5.74, 6) is -1.12. The summed E-state index contributed by atoms with van der Waals surface area (Å²) in [6.45, 7) is 2.44. The van der Waals surface area contributed by atoms with Crippen LogP contribution in [0.15, 0.2) is 83.3 Å². The number of amides is 2. The summed E-state index contributed by atoms with van der Waals surface area (Å²) in [6, 6.07) is 22.5. The quantitative estimate of drug-likeness (QED) is 0.329. The monoisotopic (exact) mass is 548 g/mol. The van der Waals surface area contributed by atoms with Gasteiger partial charge in [-0.1, -0.05) is 57.9 Å². The molecule has 4 aromatic rings. The Bertz CT molecular complexity index is 1380. The van der Waals surface area contributed by atoms with Crippen LogP contribution in [0.5, 0.6) is 0 Å². The van der Waals surface area contributed by atoms with Gasteiger partial charge in [0.05, 0.1) is 12.2 Å². The van der Waals surface area contributed by atoms with Gasteiger partial charge >= 0.3 is 0 Å². The van der Waals surface area contributed by atoms with Gasteiger partial charge in [0.1, 0.15) is 11.9 Å². The van der Waals surface area contributed by atoms with Gasteiger partial charge in [0, 0.05) is 23.5 Å². The minimum atomic E-state index is -0.784. The van der Waals surface area contributed by atoms with E-state index >= 15 is 0 Å². The van der Waals surface area contributed by atoms with Crippen molar-refractivity contribution in [3.8, 4) is 11.3 Å². The lowest BCUT2D eigenvalue weighted by Crippen LogP contribution is -2.47. The van der Waals surface area contributed by atoms with E-state index in [0.717, 1.165) is 26.7 Å². The van der Waals surface area contributed by atoms with Crippen molar-refractivity contribution in [2.75, 3.05) is 7.05 Å².